The number of nitrogens with one attached hydrogen (secondary N) is 1. The Morgan fingerprint density at radius 1 is 1.08 bits per heavy atom. The molecule has 1 aromatic heterocycles. The Kier molecular flexibility index (Phi) is 16.7. The average Bonchev–Trinajstić information content (AvgIpc) is 3.45. The molecule has 4 rings (SSSR count). The van der Waals surface area contributed by atoms with Crippen LogP contribution in [-0.2, 0) is 12.8 Å². The van der Waals surface area contributed by atoms with Crippen LogP contribution in [-0.4, -0.2) is 4.98 Å². The van der Waals surface area contributed by atoms with Crippen molar-refractivity contribution in [3.8, 4) is 0 Å². The molecule has 2 aliphatic carbocycles. The molecule has 3 nitrogen and oxygen atoms in total. The van der Waals surface area contributed by atoms with Crippen LogP contribution in [0.1, 0.15) is 77.6 Å². The molecule has 3 heteroatoms. The molecule has 0 saturated carbocycles. The summed E-state index contributed by atoms with van der Waals surface area (Å²) in [5, 5.41) is 3.60. The number of oxazole rings is 1. The van der Waals surface area contributed by atoms with Crippen molar-refractivity contribution < 1.29 is 4.42 Å². The van der Waals surface area contributed by atoms with Crippen molar-refractivity contribution in [1.82, 2.24) is 10.3 Å². The number of nitrogens with zero attached hydrogens (tertiary/aromatic N) is 1. The third-order valence-corrected chi connectivity index (χ3v) is 5.90. The van der Waals surface area contributed by atoms with Gasteiger partial charge in [0.15, 0.2) is 5.89 Å². The van der Waals surface area contributed by atoms with Crippen LogP contribution in [0.5, 0.6) is 0 Å². The van der Waals surface area contributed by atoms with E-state index in [2.05, 4.69) is 98.8 Å². The van der Waals surface area contributed by atoms with E-state index in [0.717, 1.165) is 49.4 Å². The van der Waals surface area contributed by atoms with Crippen molar-refractivity contribution in [3.05, 3.63) is 133 Å². The van der Waals surface area contributed by atoms with Gasteiger partial charge in [-0.25, -0.2) is 4.98 Å². The van der Waals surface area contributed by atoms with Gasteiger partial charge in [-0.1, -0.05) is 108 Å². The summed E-state index contributed by atoms with van der Waals surface area (Å²) >= 11 is 0. The van der Waals surface area contributed by atoms with Crippen molar-refractivity contribution >= 4 is 6.08 Å². The second-order valence-corrected chi connectivity index (χ2v) is 8.23. The quantitative estimate of drug-likeness (QED) is 0.278. The van der Waals surface area contributed by atoms with E-state index in [4.69, 9.17) is 9.40 Å². The molecule has 1 aliphatic heterocycles. The molecule has 0 spiro atoms. The smallest absolute Gasteiger partial charge is 0.198 e. The predicted octanol–water partition coefficient (Wildman–Crippen LogP) is 9.93. The van der Waals surface area contributed by atoms with Gasteiger partial charge in [0.1, 0.15) is 11.5 Å². The first-order valence-corrected chi connectivity index (χ1v) is 14.1. The first-order valence-electron chi connectivity index (χ1n) is 14.1. The molecule has 0 saturated heterocycles. The highest BCUT2D eigenvalue weighted by molar-refractivity contribution is 5.56. The number of aryl methyl sites for hydroxylation is 1. The highest BCUT2D eigenvalue weighted by Crippen LogP contribution is 2.36. The summed E-state index contributed by atoms with van der Waals surface area (Å²) in [6, 6.07) is 0. The highest BCUT2D eigenvalue weighted by Gasteiger charge is 2.24. The predicted molar refractivity (Wildman–Crippen MR) is 168 cm³/mol. The fraction of sp³-hybridized carbons (Fsp3) is 0.343. The van der Waals surface area contributed by atoms with Crippen molar-refractivity contribution in [1.29, 1.82) is 0 Å². The first-order chi connectivity index (χ1) is 18.8. The number of allylic oxidation sites excluding steroid dienone is 14. The molecular weight excluding hydrogens is 464 g/mol. The summed E-state index contributed by atoms with van der Waals surface area (Å²) in [5.41, 5.74) is 6.30. The Hall–Kier alpha value is -3.59. The van der Waals surface area contributed by atoms with Gasteiger partial charge >= 0.3 is 0 Å². The second-order valence-electron chi connectivity index (χ2n) is 8.23. The lowest BCUT2D eigenvalue weighted by Crippen LogP contribution is -2.09. The molecule has 1 unspecified atom stereocenters. The molecule has 0 bridgehead atoms. The molecule has 0 amide bonds. The zero-order chi connectivity index (χ0) is 28.2. The van der Waals surface area contributed by atoms with Gasteiger partial charge in [0.2, 0.25) is 0 Å². The molecule has 0 aromatic carbocycles. The number of hydrogen-bond acceptors (Lipinski definition) is 3. The van der Waals surface area contributed by atoms with Gasteiger partial charge in [0.25, 0.3) is 0 Å². The minimum absolute atomic E-state index is 0.462. The number of aromatic nitrogens is 1. The van der Waals surface area contributed by atoms with Crippen LogP contribution in [0.4, 0.5) is 0 Å². The van der Waals surface area contributed by atoms with Crippen molar-refractivity contribution in [2.75, 3.05) is 0 Å². The topological polar surface area (TPSA) is 38.1 Å². The summed E-state index contributed by atoms with van der Waals surface area (Å²) in [7, 11) is 0. The maximum absolute atomic E-state index is 6.01. The zero-order valence-electron chi connectivity index (χ0n) is 24.3. The van der Waals surface area contributed by atoms with Gasteiger partial charge in [-0.2, -0.15) is 0 Å². The van der Waals surface area contributed by atoms with Crippen LogP contribution < -0.4 is 5.32 Å². The molecule has 0 radical (unpaired) electrons. The van der Waals surface area contributed by atoms with Crippen LogP contribution >= 0.6 is 0 Å². The Labute approximate surface area is 232 Å². The van der Waals surface area contributed by atoms with Crippen LogP contribution in [0.2, 0.25) is 0 Å². The van der Waals surface area contributed by atoms with E-state index in [-0.39, 0.29) is 0 Å². The minimum Gasteiger partial charge on any atom is -0.445 e. The van der Waals surface area contributed by atoms with E-state index >= 15 is 0 Å². The summed E-state index contributed by atoms with van der Waals surface area (Å²) in [6.45, 7) is 19.8. The molecule has 38 heavy (non-hydrogen) atoms. The monoisotopic (exact) mass is 512 g/mol. The summed E-state index contributed by atoms with van der Waals surface area (Å²) in [5.74, 6) is 2.19. The number of rotatable bonds is 8. The Balaban J connectivity index is 0.00000112. The van der Waals surface area contributed by atoms with E-state index in [0.29, 0.717) is 12.3 Å². The fourth-order valence-corrected chi connectivity index (χ4v) is 4.27. The van der Waals surface area contributed by atoms with E-state index in [1.54, 1.807) is 6.08 Å². The minimum atomic E-state index is 0.462. The van der Waals surface area contributed by atoms with Gasteiger partial charge in [-0.3, -0.25) is 0 Å². The van der Waals surface area contributed by atoms with E-state index < -0.39 is 0 Å². The van der Waals surface area contributed by atoms with Gasteiger partial charge in [-0.15, -0.1) is 13.2 Å². The largest absolute Gasteiger partial charge is 0.445 e. The van der Waals surface area contributed by atoms with Crippen molar-refractivity contribution in [2.45, 2.75) is 73.1 Å². The molecule has 2 heterocycles. The molecule has 1 atom stereocenters. The Morgan fingerprint density at radius 2 is 1.87 bits per heavy atom. The van der Waals surface area contributed by atoms with Crippen LogP contribution in [0, 0.1) is 5.92 Å². The normalized spacial score (nSPS) is 18.5. The second kappa shape index (κ2) is 19.5. The van der Waals surface area contributed by atoms with Crippen molar-refractivity contribution in [3.63, 3.8) is 0 Å². The van der Waals surface area contributed by atoms with E-state index in [1.807, 2.05) is 33.8 Å². The number of hydrogen-bond donors (Lipinski definition) is 1. The summed E-state index contributed by atoms with van der Waals surface area (Å²) in [6.07, 6.45) is 33.3. The van der Waals surface area contributed by atoms with Gasteiger partial charge in [0.05, 0.1) is 0 Å². The first kappa shape index (κ1) is 32.4. The molecule has 0 fully saturated rings. The van der Waals surface area contributed by atoms with Crippen LogP contribution in [0.25, 0.3) is 6.08 Å². The Bertz CT molecular complexity index is 1100. The van der Waals surface area contributed by atoms with Gasteiger partial charge in [-0.05, 0) is 42.6 Å². The van der Waals surface area contributed by atoms with E-state index in [9.17, 15) is 0 Å². The lowest BCUT2D eigenvalue weighted by atomic mass is 9.86. The van der Waals surface area contributed by atoms with Crippen molar-refractivity contribution in [2.24, 2.45) is 5.92 Å². The molecule has 3 aliphatic rings. The zero-order valence-corrected chi connectivity index (χ0v) is 24.3. The fourth-order valence-electron chi connectivity index (χ4n) is 4.27. The molecule has 1 aromatic rings. The Morgan fingerprint density at radius 3 is 2.61 bits per heavy atom. The molecule has 1 N–H and O–H groups in total. The highest BCUT2D eigenvalue weighted by atomic mass is 16.4. The maximum Gasteiger partial charge on any atom is 0.198 e. The standard InChI is InChI=1S/C29H32N2O.2C2H6.C2H4/c1-3-5-6-7-8-13-16-29-31-27(28(4-2)32-29)21-25-20-24-19-23(17-18-26(24)30-25)22-14-11-9-10-12-15-22;3*1-2/h3,5-6,8-11,13-15,17-18,21,23,30H,1,4,7,12,16,19-20H2,2H3;2*1-2H3;1-2H2/b6-5?,13-8-,25-21+;;;. The third-order valence-electron chi connectivity index (χ3n) is 5.90. The van der Waals surface area contributed by atoms with Crippen LogP contribution in [0.3, 0.4) is 0 Å². The van der Waals surface area contributed by atoms with E-state index in [1.165, 1.54) is 22.5 Å². The average molecular weight is 513 g/mol. The van der Waals surface area contributed by atoms with Crippen LogP contribution in [0.15, 0.2) is 120 Å². The molecule has 204 valence electrons. The lowest BCUT2D eigenvalue weighted by Gasteiger charge is -2.19. The molecular formula is C35H48N2O. The maximum atomic E-state index is 6.01. The SMILES string of the molecule is C=C.C=CC=CC/C=C\Cc1nc(/C=C2\CC3=C(C=CC(C4=CCC=CC=C4)C3)N2)c(CC)o1.CC.CC. The lowest BCUT2D eigenvalue weighted by molar-refractivity contribution is 0.469. The third kappa shape index (κ3) is 10.0. The summed E-state index contributed by atoms with van der Waals surface area (Å²) in [4.78, 5) is 4.76. The van der Waals surface area contributed by atoms with Gasteiger partial charge < -0.3 is 9.73 Å². The van der Waals surface area contributed by atoms with Gasteiger partial charge in [0, 0.05) is 36.6 Å². The summed E-state index contributed by atoms with van der Waals surface area (Å²) < 4.78 is 6.01.